The van der Waals surface area contributed by atoms with Crippen molar-refractivity contribution in [1.82, 2.24) is 24.1 Å². The highest BCUT2D eigenvalue weighted by Gasteiger charge is 2.40. The van der Waals surface area contributed by atoms with Crippen LogP contribution in [-0.4, -0.2) is 55.3 Å². The third kappa shape index (κ3) is 3.12. The van der Waals surface area contributed by atoms with Gasteiger partial charge in [-0.25, -0.2) is 18.9 Å². The number of carbonyl (C=O) groups is 1. The molecule has 164 valence electrons. The number of piperidine rings is 1. The third-order valence-corrected chi connectivity index (χ3v) is 8.67. The minimum absolute atomic E-state index is 0.0619. The van der Waals surface area contributed by atoms with Gasteiger partial charge in [-0.05, 0) is 63.5 Å². The van der Waals surface area contributed by atoms with Crippen LogP contribution in [0.5, 0.6) is 0 Å². The summed E-state index contributed by atoms with van der Waals surface area (Å²) in [7, 11) is 2.16. The Balaban J connectivity index is 1.27. The van der Waals surface area contributed by atoms with Gasteiger partial charge in [-0.1, -0.05) is 6.92 Å². The van der Waals surface area contributed by atoms with Gasteiger partial charge < -0.3 is 9.64 Å². The van der Waals surface area contributed by atoms with Gasteiger partial charge >= 0.3 is 11.7 Å². The highest BCUT2D eigenvalue weighted by molar-refractivity contribution is 7.19. The predicted octanol–water partition coefficient (Wildman–Crippen LogP) is 2.40. The summed E-state index contributed by atoms with van der Waals surface area (Å²) in [4.78, 5) is 34.8. The van der Waals surface area contributed by atoms with Gasteiger partial charge in [0.05, 0.1) is 5.39 Å². The van der Waals surface area contributed by atoms with Crippen LogP contribution in [0.25, 0.3) is 15.9 Å². The van der Waals surface area contributed by atoms with Crippen molar-refractivity contribution >= 4 is 33.2 Å². The molecule has 0 radical (unpaired) electrons. The molecule has 1 aliphatic carbocycles. The topological polar surface area (TPSA) is 81.7 Å². The maximum Gasteiger partial charge on any atom is 0.352 e. The van der Waals surface area contributed by atoms with Crippen molar-refractivity contribution in [2.75, 3.05) is 7.05 Å². The molecular weight excluding hydrogens is 414 g/mol. The van der Waals surface area contributed by atoms with Crippen LogP contribution in [0.2, 0.25) is 0 Å². The second-order valence-corrected chi connectivity index (χ2v) is 10.6. The van der Waals surface area contributed by atoms with E-state index >= 15 is 0 Å². The number of ether oxygens (including phenoxy) is 1. The number of hydrogen-bond acceptors (Lipinski definition) is 7. The first-order chi connectivity index (χ1) is 15.0. The Morgan fingerprint density at radius 1 is 1.26 bits per heavy atom. The summed E-state index contributed by atoms with van der Waals surface area (Å²) in [6.45, 7) is 2.12. The number of hydrogen-bond donors (Lipinski definition) is 0. The van der Waals surface area contributed by atoms with Gasteiger partial charge in [0.15, 0.2) is 5.65 Å². The van der Waals surface area contributed by atoms with Gasteiger partial charge in [-0.15, -0.1) is 16.4 Å². The van der Waals surface area contributed by atoms with Crippen LogP contribution in [0.3, 0.4) is 0 Å². The summed E-state index contributed by atoms with van der Waals surface area (Å²) in [5.74, 6) is 0.283. The minimum Gasteiger partial charge on any atom is -0.461 e. The van der Waals surface area contributed by atoms with E-state index < -0.39 is 0 Å². The monoisotopic (exact) mass is 441 g/mol. The van der Waals surface area contributed by atoms with E-state index in [-0.39, 0.29) is 24.3 Å². The van der Waals surface area contributed by atoms with E-state index in [2.05, 4.69) is 29.0 Å². The fourth-order valence-corrected chi connectivity index (χ4v) is 7.11. The van der Waals surface area contributed by atoms with Crippen LogP contribution in [-0.2, 0) is 28.9 Å². The molecule has 3 aliphatic rings. The SMILES string of the molecule is C[C@@H]1CCc2c(sc3ncn4c(=O)n(CC(=O)OC5C[C@H]6CC[C@@H](C5)N6C)nc4c23)C1. The molecule has 31 heavy (non-hydrogen) atoms. The standard InChI is InChI=1S/C22H27N5O3S/c1-12-3-6-16-17(7-12)31-21-19(16)20-24-27(22(29)26(20)11-23-21)10-18(28)30-15-8-13-4-5-14(9-15)25(13)2/h11-15H,3-10H2,1-2H3/t12-,13-,14+,15?/m1/s1. The molecule has 1 unspecified atom stereocenters. The number of carbonyl (C=O) groups excluding carboxylic acids is 1. The van der Waals surface area contributed by atoms with Gasteiger partial charge in [-0.2, -0.15) is 0 Å². The molecule has 5 heterocycles. The molecule has 2 aliphatic heterocycles. The number of fused-ring (bicyclic) bond motifs is 7. The number of nitrogens with zero attached hydrogens (tertiary/aromatic N) is 5. The Labute approximate surface area is 183 Å². The average Bonchev–Trinajstić information content (AvgIpc) is 3.30. The molecule has 0 aromatic carbocycles. The normalized spacial score (nSPS) is 28.3. The Morgan fingerprint density at radius 2 is 2.03 bits per heavy atom. The van der Waals surface area contributed by atoms with Crippen LogP contribution in [0.4, 0.5) is 0 Å². The number of aromatic nitrogens is 4. The van der Waals surface area contributed by atoms with Crippen molar-refractivity contribution in [1.29, 1.82) is 0 Å². The zero-order chi connectivity index (χ0) is 21.3. The van der Waals surface area contributed by atoms with E-state index in [0.29, 0.717) is 23.6 Å². The van der Waals surface area contributed by atoms with E-state index in [9.17, 15) is 9.59 Å². The summed E-state index contributed by atoms with van der Waals surface area (Å²) < 4.78 is 8.46. The molecule has 3 aromatic heterocycles. The largest absolute Gasteiger partial charge is 0.461 e. The molecule has 8 nitrogen and oxygen atoms in total. The molecular formula is C22H27N5O3S. The van der Waals surface area contributed by atoms with Crippen molar-refractivity contribution in [2.45, 2.75) is 76.6 Å². The maximum absolute atomic E-state index is 12.9. The molecule has 0 amide bonds. The number of thiophene rings is 1. The van der Waals surface area contributed by atoms with Crippen molar-refractivity contribution < 1.29 is 9.53 Å². The lowest BCUT2D eigenvalue weighted by molar-refractivity contribution is -0.153. The summed E-state index contributed by atoms with van der Waals surface area (Å²) in [5.41, 5.74) is 1.54. The van der Waals surface area contributed by atoms with Crippen molar-refractivity contribution in [3.63, 3.8) is 0 Å². The summed E-state index contributed by atoms with van der Waals surface area (Å²) >= 11 is 1.71. The quantitative estimate of drug-likeness (QED) is 0.581. The van der Waals surface area contributed by atoms with Gasteiger partial charge in [0.2, 0.25) is 0 Å². The van der Waals surface area contributed by atoms with Crippen molar-refractivity contribution in [2.24, 2.45) is 5.92 Å². The molecule has 0 N–H and O–H groups in total. The van der Waals surface area contributed by atoms with E-state index in [1.165, 1.54) is 38.7 Å². The van der Waals surface area contributed by atoms with Gasteiger partial charge in [-0.3, -0.25) is 4.79 Å². The predicted molar refractivity (Wildman–Crippen MR) is 118 cm³/mol. The molecule has 4 atom stereocenters. The maximum atomic E-state index is 12.9. The molecule has 2 bridgehead atoms. The Hall–Kier alpha value is -2.26. The highest BCUT2D eigenvalue weighted by atomic mass is 32.1. The molecule has 2 fully saturated rings. The first kappa shape index (κ1) is 19.4. The molecule has 0 saturated carbocycles. The van der Waals surface area contributed by atoms with E-state index in [1.54, 1.807) is 11.3 Å². The van der Waals surface area contributed by atoms with E-state index in [1.807, 2.05) is 0 Å². The van der Waals surface area contributed by atoms with Crippen LogP contribution >= 0.6 is 11.3 Å². The van der Waals surface area contributed by atoms with E-state index in [0.717, 1.165) is 42.3 Å². The number of rotatable bonds is 3. The first-order valence-electron chi connectivity index (χ1n) is 11.3. The fraction of sp³-hybridized carbons (Fsp3) is 0.636. The lowest BCUT2D eigenvalue weighted by Crippen LogP contribution is -2.43. The van der Waals surface area contributed by atoms with Crippen molar-refractivity contribution in [3.8, 4) is 0 Å². The zero-order valence-electron chi connectivity index (χ0n) is 17.9. The van der Waals surface area contributed by atoms with Gasteiger partial charge in [0, 0.05) is 17.0 Å². The highest BCUT2D eigenvalue weighted by Crippen LogP contribution is 2.38. The number of aryl methyl sites for hydroxylation is 1. The van der Waals surface area contributed by atoms with Crippen LogP contribution < -0.4 is 5.69 Å². The summed E-state index contributed by atoms with van der Waals surface area (Å²) in [6, 6.07) is 1.00. The molecule has 0 spiro atoms. The Bertz CT molecular complexity index is 1230. The van der Waals surface area contributed by atoms with Crippen LogP contribution in [0, 0.1) is 5.92 Å². The third-order valence-electron chi connectivity index (χ3n) is 7.51. The second kappa shape index (κ2) is 7.13. The van der Waals surface area contributed by atoms with Gasteiger partial charge in [0.1, 0.15) is 23.8 Å². The summed E-state index contributed by atoms with van der Waals surface area (Å²) in [6.07, 6.45) is 8.75. The minimum atomic E-state index is -0.384. The first-order valence-corrected chi connectivity index (χ1v) is 12.1. The zero-order valence-corrected chi connectivity index (χ0v) is 18.7. The average molecular weight is 442 g/mol. The fourth-order valence-electron chi connectivity index (χ4n) is 5.77. The lowest BCUT2D eigenvalue weighted by Gasteiger charge is -2.35. The molecule has 9 heteroatoms. The smallest absolute Gasteiger partial charge is 0.352 e. The second-order valence-electron chi connectivity index (χ2n) is 9.54. The summed E-state index contributed by atoms with van der Waals surface area (Å²) in [5, 5.41) is 5.53. The van der Waals surface area contributed by atoms with Crippen LogP contribution in [0.15, 0.2) is 11.1 Å². The van der Waals surface area contributed by atoms with Crippen molar-refractivity contribution in [3.05, 3.63) is 27.3 Å². The Kier molecular flexibility index (Phi) is 4.47. The van der Waals surface area contributed by atoms with Gasteiger partial charge in [0.25, 0.3) is 0 Å². The molecule has 3 aromatic rings. The Morgan fingerprint density at radius 3 is 2.81 bits per heavy atom. The van der Waals surface area contributed by atoms with E-state index in [4.69, 9.17) is 4.74 Å². The number of esters is 1. The molecule has 6 rings (SSSR count). The van der Waals surface area contributed by atoms with Crippen LogP contribution in [0.1, 0.15) is 49.5 Å². The molecule has 2 saturated heterocycles. The lowest BCUT2D eigenvalue weighted by atomic mass is 9.89.